The number of aromatic nitrogens is 3. The topological polar surface area (TPSA) is 62.7 Å². The smallest absolute Gasteiger partial charge is 0.229 e. The molecule has 23 heavy (non-hydrogen) atoms. The van der Waals surface area contributed by atoms with Gasteiger partial charge in [0.05, 0.1) is 10.7 Å². The summed E-state index contributed by atoms with van der Waals surface area (Å²) >= 11 is 6.16. The molecule has 0 aliphatic rings. The van der Waals surface area contributed by atoms with Gasteiger partial charge in [-0.2, -0.15) is 4.98 Å². The van der Waals surface area contributed by atoms with Crippen LogP contribution in [-0.4, -0.2) is 15.0 Å². The third kappa shape index (κ3) is 4.17. The van der Waals surface area contributed by atoms with Gasteiger partial charge in [-0.1, -0.05) is 23.7 Å². The summed E-state index contributed by atoms with van der Waals surface area (Å²) in [4.78, 5) is 12.9. The van der Waals surface area contributed by atoms with Gasteiger partial charge in [0.1, 0.15) is 5.82 Å². The third-order valence-corrected chi connectivity index (χ3v) is 3.53. The molecule has 2 aromatic heterocycles. The molecule has 0 fully saturated rings. The van der Waals surface area contributed by atoms with Crippen LogP contribution in [0.3, 0.4) is 0 Å². The monoisotopic (exact) mass is 325 g/mol. The van der Waals surface area contributed by atoms with E-state index in [0.29, 0.717) is 17.5 Å². The summed E-state index contributed by atoms with van der Waals surface area (Å²) in [5.74, 6) is 1.26. The first-order chi connectivity index (χ1) is 11.2. The molecule has 1 aromatic carbocycles. The van der Waals surface area contributed by atoms with Crippen molar-refractivity contribution in [3.8, 4) is 0 Å². The van der Waals surface area contributed by atoms with Crippen molar-refractivity contribution in [3.05, 3.63) is 71.1 Å². The van der Waals surface area contributed by atoms with Crippen molar-refractivity contribution < 1.29 is 0 Å². The second kappa shape index (κ2) is 7.07. The van der Waals surface area contributed by atoms with Gasteiger partial charge in [-0.05, 0) is 36.8 Å². The normalized spacial score (nSPS) is 10.3. The maximum absolute atomic E-state index is 6.16. The van der Waals surface area contributed by atoms with Gasteiger partial charge in [-0.25, -0.2) is 4.98 Å². The Kier molecular flexibility index (Phi) is 4.68. The zero-order chi connectivity index (χ0) is 16.1. The molecule has 0 atom stereocenters. The molecule has 116 valence electrons. The van der Waals surface area contributed by atoms with E-state index < -0.39 is 0 Å². The number of anilines is 3. The Hall–Kier alpha value is -2.66. The SMILES string of the molecule is Cc1cc(NCc2ccncc2)nc(Nc2ccccc2Cl)n1. The molecule has 0 spiro atoms. The van der Waals surface area contributed by atoms with Gasteiger partial charge in [0.25, 0.3) is 0 Å². The van der Waals surface area contributed by atoms with E-state index in [1.807, 2.05) is 49.4 Å². The van der Waals surface area contributed by atoms with Crippen LogP contribution in [0, 0.1) is 6.92 Å². The van der Waals surface area contributed by atoms with Gasteiger partial charge in [0.15, 0.2) is 0 Å². The van der Waals surface area contributed by atoms with E-state index in [-0.39, 0.29) is 0 Å². The standard InChI is InChI=1S/C17H16ClN5/c1-12-10-16(20-11-13-6-8-19-9-7-13)23-17(21-12)22-15-5-3-2-4-14(15)18/h2-10H,11H2,1H3,(H2,20,21,22,23). The molecule has 2 heterocycles. The average Bonchev–Trinajstić information content (AvgIpc) is 2.56. The number of rotatable bonds is 5. The van der Waals surface area contributed by atoms with E-state index in [1.165, 1.54) is 0 Å². The van der Waals surface area contributed by atoms with Gasteiger partial charge in [0.2, 0.25) is 5.95 Å². The van der Waals surface area contributed by atoms with Crippen LogP contribution in [-0.2, 0) is 6.54 Å². The number of nitrogens with zero attached hydrogens (tertiary/aromatic N) is 3. The van der Waals surface area contributed by atoms with E-state index >= 15 is 0 Å². The molecule has 2 N–H and O–H groups in total. The summed E-state index contributed by atoms with van der Waals surface area (Å²) in [6.45, 7) is 2.60. The van der Waals surface area contributed by atoms with Crippen molar-refractivity contribution in [2.45, 2.75) is 13.5 Å². The van der Waals surface area contributed by atoms with Gasteiger partial charge >= 0.3 is 0 Å². The third-order valence-electron chi connectivity index (χ3n) is 3.20. The van der Waals surface area contributed by atoms with Crippen LogP contribution in [0.1, 0.15) is 11.3 Å². The number of para-hydroxylation sites is 1. The van der Waals surface area contributed by atoms with Crippen LogP contribution in [0.25, 0.3) is 0 Å². The molecule has 0 aliphatic carbocycles. The first-order valence-corrected chi connectivity index (χ1v) is 7.58. The fourth-order valence-electron chi connectivity index (χ4n) is 2.09. The fourth-order valence-corrected chi connectivity index (χ4v) is 2.27. The second-order valence-electron chi connectivity index (χ2n) is 5.03. The minimum atomic E-state index is 0.510. The van der Waals surface area contributed by atoms with Gasteiger partial charge in [0, 0.05) is 30.7 Å². The Morgan fingerprint density at radius 3 is 2.61 bits per heavy atom. The molecule has 0 radical (unpaired) electrons. The first kappa shape index (κ1) is 15.2. The molecule has 3 aromatic rings. The van der Waals surface area contributed by atoms with Crippen LogP contribution in [0.15, 0.2) is 54.9 Å². The lowest BCUT2D eigenvalue weighted by Gasteiger charge is -2.10. The number of benzene rings is 1. The van der Waals surface area contributed by atoms with Gasteiger partial charge in [-0.15, -0.1) is 0 Å². The van der Waals surface area contributed by atoms with E-state index in [2.05, 4.69) is 25.6 Å². The maximum atomic E-state index is 6.16. The summed E-state index contributed by atoms with van der Waals surface area (Å²) in [5, 5.41) is 7.07. The predicted molar refractivity (Wildman–Crippen MR) is 93.1 cm³/mol. The second-order valence-corrected chi connectivity index (χ2v) is 5.44. The molecule has 0 aliphatic heterocycles. The van der Waals surface area contributed by atoms with Crippen LogP contribution in [0.5, 0.6) is 0 Å². The Bertz CT molecular complexity index is 792. The van der Waals surface area contributed by atoms with Crippen molar-refractivity contribution in [2.24, 2.45) is 0 Å². The molecule has 0 bridgehead atoms. The largest absolute Gasteiger partial charge is 0.366 e. The fraction of sp³-hybridized carbons (Fsp3) is 0.118. The molecule has 5 nitrogen and oxygen atoms in total. The van der Waals surface area contributed by atoms with E-state index in [1.54, 1.807) is 12.4 Å². The predicted octanol–water partition coefficient (Wildman–Crippen LogP) is 4.19. The van der Waals surface area contributed by atoms with Crippen LogP contribution >= 0.6 is 11.6 Å². The van der Waals surface area contributed by atoms with Crippen molar-refractivity contribution in [1.29, 1.82) is 0 Å². The Labute approximate surface area is 139 Å². The Balaban J connectivity index is 1.75. The highest BCUT2D eigenvalue weighted by Gasteiger charge is 2.05. The summed E-state index contributed by atoms with van der Waals surface area (Å²) in [6.07, 6.45) is 3.54. The van der Waals surface area contributed by atoms with E-state index in [9.17, 15) is 0 Å². The molecule has 0 saturated heterocycles. The quantitative estimate of drug-likeness (QED) is 0.736. The minimum Gasteiger partial charge on any atom is -0.366 e. The molecule has 6 heteroatoms. The molecular formula is C17H16ClN5. The van der Waals surface area contributed by atoms with Gasteiger partial charge < -0.3 is 10.6 Å². The first-order valence-electron chi connectivity index (χ1n) is 7.21. The highest BCUT2D eigenvalue weighted by atomic mass is 35.5. The van der Waals surface area contributed by atoms with Crippen molar-refractivity contribution in [3.63, 3.8) is 0 Å². The molecule has 0 amide bonds. The zero-order valence-corrected chi connectivity index (χ0v) is 13.4. The Morgan fingerprint density at radius 1 is 1.04 bits per heavy atom. The highest BCUT2D eigenvalue weighted by molar-refractivity contribution is 6.33. The minimum absolute atomic E-state index is 0.510. The van der Waals surface area contributed by atoms with Crippen molar-refractivity contribution >= 4 is 29.1 Å². The zero-order valence-electron chi connectivity index (χ0n) is 12.6. The lowest BCUT2D eigenvalue weighted by atomic mass is 10.3. The Morgan fingerprint density at radius 2 is 1.83 bits per heavy atom. The summed E-state index contributed by atoms with van der Waals surface area (Å²) in [6, 6.07) is 13.3. The number of hydrogen-bond donors (Lipinski definition) is 2. The number of halogens is 1. The van der Waals surface area contributed by atoms with E-state index in [0.717, 1.165) is 22.8 Å². The lowest BCUT2D eigenvalue weighted by molar-refractivity contribution is 1.05. The number of hydrogen-bond acceptors (Lipinski definition) is 5. The van der Waals surface area contributed by atoms with Crippen LogP contribution in [0.2, 0.25) is 5.02 Å². The number of nitrogens with one attached hydrogen (secondary N) is 2. The molecular weight excluding hydrogens is 310 g/mol. The molecule has 3 rings (SSSR count). The molecule has 0 saturated carbocycles. The summed E-state index contributed by atoms with van der Waals surface area (Å²) in [5.41, 5.74) is 2.78. The number of aryl methyl sites for hydroxylation is 1. The number of pyridine rings is 1. The van der Waals surface area contributed by atoms with Crippen molar-refractivity contribution in [1.82, 2.24) is 15.0 Å². The van der Waals surface area contributed by atoms with Gasteiger partial charge in [-0.3, -0.25) is 4.98 Å². The maximum Gasteiger partial charge on any atom is 0.229 e. The van der Waals surface area contributed by atoms with Crippen molar-refractivity contribution in [2.75, 3.05) is 10.6 Å². The molecule has 0 unspecified atom stereocenters. The lowest BCUT2D eigenvalue weighted by Crippen LogP contribution is -2.05. The van der Waals surface area contributed by atoms with E-state index in [4.69, 9.17) is 11.6 Å². The summed E-state index contributed by atoms with van der Waals surface area (Å²) in [7, 11) is 0. The average molecular weight is 326 g/mol. The van der Waals surface area contributed by atoms with Crippen LogP contribution in [0.4, 0.5) is 17.5 Å². The summed E-state index contributed by atoms with van der Waals surface area (Å²) < 4.78 is 0. The highest BCUT2D eigenvalue weighted by Crippen LogP contribution is 2.24. The van der Waals surface area contributed by atoms with Crippen LogP contribution < -0.4 is 10.6 Å².